The molecular formula is C18H25Cl2NO2. The van der Waals surface area contributed by atoms with Gasteiger partial charge in [0.1, 0.15) is 0 Å². The summed E-state index contributed by atoms with van der Waals surface area (Å²) in [4.78, 5) is 0. The van der Waals surface area contributed by atoms with Gasteiger partial charge in [-0.25, -0.2) is 0 Å². The van der Waals surface area contributed by atoms with Gasteiger partial charge in [-0.1, -0.05) is 29.3 Å². The van der Waals surface area contributed by atoms with Crippen LogP contribution in [0, 0.1) is 5.92 Å². The summed E-state index contributed by atoms with van der Waals surface area (Å²) in [7, 11) is 0. The third-order valence-electron chi connectivity index (χ3n) is 4.85. The molecule has 2 aliphatic rings. The van der Waals surface area contributed by atoms with Crippen molar-refractivity contribution in [1.82, 2.24) is 5.32 Å². The molecule has 0 aliphatic carbocycles. The molecular weight excluding hydrogens is 333 g/mol. The van der Waals surface area contributed by atoms with Gasteiger partial charge in [-0.2, -0.15) is 0 Å². The number of benzene rings is 1. The second kappa shape index (κ2) is 8.68. The van der Waals surface area contributed by atoms with Gasteiger partial charge in [0, 0.05) is 12.5 Å². The quantitative estimate of drug-likeness (QED) is 0.833. The summed E-state index contributed by atoms with van der Waals surface area (Å²) in [6.07, 6.45) is 5.62. The van der Waals surface area contributed by atoms with E-state index in [0.29, 0.717) is 10.0 Å². The zero-order valence-electron chi connectivity index (χ0n) is 13.4. The van der Waals surface area contributed by atoms with Crippen LogP contribution in [0.2, 0.25) is 10.0 Å². The van der Waals surface area contributed by atoms with Crippen LogP contribution in [-0.2, 0) is 9.47 Å². The molecule has 1 aromatic carbocycles. The molecule has 0 spiro atoms. The van der Waals surface area contributed by atoms with Gasteiger partial charge in [0.15, 0.2) is 6.29 Å². The Balaban J connectivity index is 1.56. The van der Waals surface area contributed by atoms with Crippen LogP contribution >= 0.6 is 23.2 Å². The van der Waals surface area contributed by atoms with Crippen molar-refractivity contribution < 1.29 is 9.47 Å². The van der Waals surface area contributed by atoms with Crippen molar-refractivity contribution in [3.63, 3.8) is 0 Å². The van der Waals surface area contributed by atoms with Gasteiger partial charge >= 0.3 is 0 Å². The van der Waals surface area contributed by atoms with E-state index in [1.807, 2.05) is 18.2 Å². The molecule has 3 atom stereocenters. The third-order valence-corrected chi connectivity index (χ3v) is 5.59. The molecule has 0 aromatic heterocycles. The predicted octanol–water partition coefficient (Wildman–Crippen LogP) is 4.62. The molecule has 3 nitrogen and oxygen atoms in total. The van der Waals surface area contributed by atoms with Crippen molar-refractivity contribution in [2.24, 2.45) is 5.92 Å². The smallest absolute Gasteiger partial charge is 0.164 e. The van der Waals surface area contributed by atoms with Crippen LogP contribution in [-0.4, -0.2) is 32.6 Å². The first-order chi connectivity index (χ1) is 11.2. The van der Waals surface area contributed by atoms with Crippen molar-refractivity contribution in [2.45, 2.75) is 44.3 Å². The third kappa shape index (κ3) is 4.83. The molecule has 1 aromatic rings. The molecule has 128 valence electrons. The SMILES string of the molecule is Clc1ccc(C2CCCOC2OCCC2CCCNC2)cc1Cl. The summed E-state index contributed by atoms with van der Waals surface area (Å²) < 4.78 is 12.0. The predicted molar refractivity (Wildman–Crippen MR) is 94.3 cm³/mol. The van der Waals surface area contributed by atoms with Crippen molar-refractivity contribution in [1.29, 1.82) is 0 Å². The summed E-state index contributed by atoms with van der Waals surface area (Å²) in [5.74, 6) is 0.971. The molecule has 3 rings (SSSR count). The second-order valence-corrected chi connectivity index (χ2v) is 7.35. The molecule has 0 amide bonds. The van der Waals surface area contributed by atoms with Gasteiger partial charge in [-0.3, -0.25) is 0 Å². The van der Waals surface area contributed by atoms with Crippen molar-refractivity contribution >= 4 is 23.2 Å². The molecule has 3 unspecified atom stereocenters. The lowest BCUT2D eigenvalue weighted by Gasteiger charge is -2.32. The molecule has 0 bridgehead atoms. The van der Waals surface area contributed by atoms with Crippen LogP contribution in [0.4, 0.5) is 0 Å². The molecule has 5 heteroatoms. The highest BCUT2D eigenvalue weighted by atomic mass is 35.5. The topological polar surface area (TPSA) is 30.5 Å². The number of rotatable bonds is 5. The fourth-order valence-electron chi connectivity index (χ4n) is 3.51. The summed E-state index contributed by atoms with van der Waals surface area (Å²) in [6, 6.07) is 5.85. The van der Waals surface area contributed by atoms with E-state index in [-0.39, 0.29) is 12.2 Å². The number of halogens is 2. The van der Waals surface area contributed by atoms with Gasteiger partial charge < -0.3 is 14.8 Å². The zero-order valence-corrected chi connectivity index (χ0v) is 14.9. The van der Waals surface area contributed by atoms with Crippen LogP contribution in [0.1, 0.15) is 43.6 Å². The second-order valence-electron chi connectivity index (χ2n) is 6.53. The Bertz CT molecular complexity index is 506. The number of piperidine rings is 1. The van der Waals surface area contributed by atoms with Crippen LogP contribution < -0.4 is 5.32 Å². The minimum absolute atomic E-state index is 0.169. The van der Waals surface area contributed by atoms with E-state index in [9.17, 15) is 0 Å². The Hall–Kier alpha value is -0.320. The molecule has 2 fully saturated rings. The molecule has 1 N–H and O–H groups in total. The van der Waals surface area contributed by atoms with Crippen molar-refractivity contribution in [3.8, 4) is 0 Å². The molecule has 2 heterocycles. The average molecular weight is 358 g/mol. The number of hydrogen-bond acceptors (Lipinski definition) is 3. The first kappa shape index (κ1) is 17.5. The van der Waals surface area contributed by atoms with Crippen LogP contribution in [0.3, 0.4) is 0 Å². The monoisotopic (exact) mass is 357 g/mol. The highest BCUT2D eigenvalue weighted by Crippen LogP contribution is 2.35. The summed E-state index contributed by atoms with van der Waals surface area (Å²) in [5.41, 5.74) is 1.16. The first-order valence-electron chi connectivity index (χ1n) is 8.63. The normalized spacial score (nSPS) is 28.7. The molecule has 2 aliphatic heterocycles. The number of hydrogen-bond donors (Lipinski definition) is 1. The maximum absolute atomic E-state index is 6.17. The molecule has 2 saturated heterocycles. The van der Waals surface area contributed by atoms with Gasteiger partial charge in [0.05, 0.1) is 16.7 Å². The Morgan fingerprint density at radius 2 is 2.09 bits per heavy atom. The van der Waals surface area contributed by atoms with E-state index < -0.39 is 0 Å². The molecule has 23 heavy (non-hydrogen) atoms. The van der Waals surface area contributed by atoms with Gasteiger partial charge in [-0.05, 0) is 68.8 Å². The van der Waals surface area contributed by atoms with Gasteiger partial charge in [0.2, 0.25) is 0 Å². The Morgan fingerprint density at radius 1 is 1.17 bits per heavy atom. The maximum Gasteiger partial charge on any atom is 0.164 e. The van der Waals surface area contributed by atoms with Crippen LogP contribution in [0.25, 0.3) is 0 Å². The van der Waals surface area contributed by atoms with E-state index >= 15 is 0 Å². The summed E-state index contributed by atoms with van der Waals surface area (Å²) in [6.45, 7) is 3.80. The number of ether oxygens (including phenoxy) is 2. The van der Waals surface area contributed by atoms with E-state index in [4.69, 9.17) is 32.7 Å². The van der Waals surface area contributed by atoms with E-state index in [2.05, 4.69) is 5.32 Å². The fraction of sp³-hybridized carbons (Fsp3) is 0.667. The Kier molecular flexibility index (Phi) is 6.61. The van der Waals surface area contributed by atoms with E-state index in [0.717, 1.165) is 57.0 Å². The van der Waals surface area contributed by atoms with Crippen LogP contribution in [0.5, 0.6) is 0 Å². The lowest BCUT2D eigenvalue weighted by Crippen LogP contribution is -2.33. The van der Waals surface area contributed by atoms with Gasteiger partial charge in [-0.15, -0.1) is 0 Å². The first-order valence-corrected chi connectivity index (χ1v) is 9.38. The molecule has 0 saturated carbocycles. The Labute approximate surface area is 148 Å². The lowest BCUT2D eigenvalue weighted by atomic mass is 9.92. The van der Waals surface area contributed by atoms with Crippen LogP contribution in [0.15, 0.2) is 18.2 Å². The average Bonchev–Trinajstić information content (AvgIpc) is 2.59. The lowest BCUT2D eigenvalue weighted by molar-refractivity contribution is -0.176. The van der Waals surface area contributed by atoms with Crippen molar-refractivity contribution in [2.75, 3.05) is 26.3 Å². The van der Waals surface area contributed by atoms with E-state index in [1.54, 1.807) is 0 Å². The summed E-state index contributed by atoms with van der Waals surface area (Å²) in [5, 5.41) is 4.65. The maximum atomic E-state index is 6.17. The minimum atomic E-state index is -0.169. The van der Waals surface area contributed by atoms with E-state index in [1.165, 1.54) is 12.8 Å². The number of nitrogens with one attached hydrogen (secondary N) is 1. The fourth-order valence-corrected chi connectivity index (χ4v) is 3.81. The van der Waals surface area contributed by atoms with Gasteiger partial charge in [0.25, 0.3) is 0 Å². The Morgan fingerprint density at radius 3 is 2.87 bits per heavy atom. The minimum Gasteiger partial charge on any atom is -0.352 e. The highest BCUT2D eigenvalue weighted by molar-refractivity contribution is 6.42. The largest absolute Gasteiger partial charge is 0.352 e. The van der Waals surface area contributed by atoms with Crippen molar-refractivity contribution in [3.05, 3.63) is 33.8 Å². The summed E-state index contributed by atoms with van der Waals surface area (Å²) >= 11 is 12.2. The molecule has 0 radical (unpaired) electrons. The standard InChI is InChI=1S/C18H25Cl2NO2/c19-16-6-5-14(11-17(16)20)15-4-2-9-22-18(15)23-10-7-13-3-1-8-21-12-13/h5-6,11,13,15,18,21H,1-4,7-10,12H2. The zero-order chi connectivity index (χ0) is 16.1. The highest BCUT2D eigenvalue weighted by Gasteiger charge is 2.28.